The van der Waals surface area contributed by atoms with Gasteiger partial charge in [0.25, 0.3) is 0 Å². The Kier molecular flexibility index (Phi) is 28.0. The van der Waals surface area contributed by atoms with Crippen molar-refractivity contribution in [3.63, 3.8) is 0 Å². The summed E-state index contributed by atoms with van der Waals surface area (Å²) in [7, 11) is 2.45. The Labute approximate surface area is 416 Å². The molecule has 0 aromatic carbocycles. The molecule has 8 fully saturated rings. The minimum atomic E-state index is -0.0978. The molecule has 0 spiro atoms. The molecule has 6 heterocycles. The van der Waals surface area contributed by atoms with Crippen molar-refractivity contribution in [2.24, 2.45) is 46.8 Å². The van der Waals surface area contributed by atoms with Crippen LogP contribution in [-0.2, 0) is 71.5 Å². The van der Waals surface area contributed by atoms with Crippen molar-refractivity contribution in [1.82, 2.24) is 0 Å². The van der Waals surface area contributed by atoms with E-state index in [1.54, 1.807) is 0 Å². The number of carbonyl (C=O) groups excluding carboxylic acids is 8. The molecule has 6 aliphatic heterocycles. The molecule has 15 nitrogen and oxygen atoms in total. The number of hydrogen-bond acceptors (Lipinski definition) is 15. The van der Waals surface area contributed by atoms with Crippen LogP contribution < -0.4 is 0 Å². The van der Waals surface area contributed by atoms with Crippen LogP contribution in [0.4, 0.5) is 0 Å². The van der Waals surface area contributed by atoms with Crippen LogP contribution in [0.2, 0.25) is 6.82 Å². The summed E-state index contributed by atoms with van der Waals surface area (Å²) in [4.78, 5) is 88.7. The van der Waals surface area contributed by atoms with Gasteiger partial charge in [-0.05, 0) is 131 Å². The molecule has 387 valence electrons. The summed E-state index contributed by atoms with van der Waals surface area (Å²) in [5.41, 5.74) is 0.127. The fourth-order valence-corrected chi connectivity index (χ4v) is 11.0. The molecule has 18 heteroatoms. The number of ketones is 2. The van der Waals surface area contributed by atoms with E-state index >= 15 is 0 Å². The van der Waals surface area contributed by atoms with Gasteiger partial charge < -0.3 is 28.4 Å². The van der Waals surface area contributed by atoms with Crippen LogP contribution in [0.25, 0.3) is 0 Å². The fraction of sp³-hybridized carbons (Fsp3) is 0.843. The van der Waals surface area contributed by atoms with E-state index in [9.17, 15) is 38.4 Å². The summed E-state index contributed by atoms with van der Waals surface area (Å²) >= 11 is 0. The molecule has 0 N–H and O–H groups in total. The molecule has 69 heavy (non-hydrogen) atoms. The van der Waals surface area contributed by atoms with Crippen molar-refractivity contribution in [1.29, 1.82) is 1.34 Å². The van der Waals surface area contributed by atoms with Crippen LogP contribution in [-0.4, -0.2) is 103 Å². The second-order valence-corrected chi connectivity index (χ2v) is 21.0. The summed E-state index contributed by atoms with van der Waals surface area (Å²) in [6, 6.07) is 0. The second kappa shape index (κ2) is 33.2. The van der Waals surface area contributed by atoms with Gasteiger partial charge >= 0.3 is 49.5 Å². The molecule has 0 bridgehead atoms. The van der Waals surface area contributed by atoms with Crippen LogP contribution >= 0.6 is 9.12 Å². The predicted octanol–water partition coefficient (Wildman–Crippen LogP) is 8.06. The number of Topliss-reactive ketones (excluding diaryl/α,β-unsaturated/α-hetero) is 2. The Bertz CT molecular complexity index is 1550. The first-order chi connectivity index (χ1) is 33.6. The standard InChI is InChI=1S/C15H24O4.C14H22O3.C12H18O4.C9H12O3.CH5BP.BHO/c1-15(2,11-3-5-13(16)18-9-7-11)12-4-6-14(17)19-10-8-12;15-13-7-4-11(5-8-13)2-1-3-12-6-9-14(16)17-10-12;13-11-3-1-9(5-7-15-11)10-2-4-12(14)16-8-6-10;10-7-2-1-6(5-7)8-3-4-9(11)12-8;1-2-3;1-2/h11-12H,3-10H2,1-2H3;11-12H,1-10H2;9-10H,1-8H2;6,8H,1-5H2;3H2,1H3;1H/i;;;;;1D. The van der Waals surface area contributed by atoms with Gasteiger partial charge in [-0.3, -0.25) is 38.4 Å². The average molecular weight is 989 g/mol. The van der Waals surface area contributed by atoms with Crippen molar-refractivity contribution >= 4 is 71.2 Å². The monoisotopic (exact) mass is 989 g/mol. The van der Waals surface area contributed by atoms with E-state index < -0.39 is 0 Å². The Balaban J connectivity index is 0.000000239. The predicted molar refractivity (Wildman–Crippen MR) is 262 cm³/mol. The number of ether oxygens (including phenoxy) is 6. The van der Waals surface area contributed by atoms with Crippen molar-refractivity contribution in [2.45, 2.75) is 194 Å². The zero-order valence-electron chi connectivity index (χ0n) is 42.9. The summed E-state index contributed by atoms with van der Waals surface area (Å²) in [6.07, 6.45) is 22.1. The van der Waals surface area contributed by atoms with E-state index in [2.05, 4.69) is 23.0 Å². The van der Waals surface area contributed by atoms with Crippen LogP contribution in [0.15, 0.2) is 0 Å². The summed E-state index contributed by atoms with van der Waals surface area (Å²) in [5.74, 6) is 3.99. The molecule has 0 aromatic rings. The van der Waals surface area contributed by atoms with Gasteiger partial charge in [-0.15, -0.1) is 0 Å². The second-order valence-electron chi connectivity index (χ2n) is 20.4. The summed E-state index contributed by atoms with van der Waals surface area (Å²) in [5, 5.41) is 0. The third-order valence-electron chi connectivity index (χ3n) is 15.4. The number of hydrogen-bond donors (Lipinski definition) is 0. The van der Waals surface area contributed by atoms with E-state index in [0.29, 0.717) is 131 Å². The first kappa shape index (κ1) is 58.1. The quantitative estimate of drug-likeness (QED) is 0.0975. The molecule has 0 amide bonds. The molecule has 8 atom stereocenters. The van der Waals surface area contributed by atoms with Crippen LogP contribution in [0.3, 0.4) is 0 Å². The van der Waals surface area contributed by atoms with Crippen LogP contribution in [0, 0.1) is 46.8 Å². The van der Waals surface area contributed by atoms with Crippen LogP contribution in [0.1, 0.15) is 181 Å². The molecule has 6 saturated heterocycles. The van der Waals surface area contributed by atoms with E-state index in [4.69, 9.17) is 34.5 Å². The number of esters is 6. The first-order valence-corrected chi connectivity index (χ1v) is 26.6. The van der Waals surface area contributed by atoms with Crippen LogP contribution in [0.5, 0.6) is 0 Å². The van der Waals surface area contributed by atoms with Crippen molar-refractivity contribution < 1.29 is 71.5 Å². The zero-order chi connectivity index (χ0) is 51.3. The average Bonchev–Trinajstić information content (AvgIpc) is 3.58. The van der Waals surface area contributed by atoms with Crippen molar-refractivity contribution in [3.8, 4) is 0 Å². The SMILES string of the molecule is CC(C)(C1CCOC(=O)CC1)C1CCOC(=O)CC1.C[B]P.O=C1CCC(C2CCC(=O)O2)C1.O=C1CCC(C2CCOC(=O)CC2)CCO1.O=C1CCC(CCCC2CCC(=O)OC2)CC1.[2H]B=O. The van der Waals surface area contributed by atoms with Gasteiger partial charge in [0.15, 0.2) is 0 Å². The van der Waals surface area contributed by atoms with Gasteiger partial charge in [0.2, 0.25) is 0 Å². The van der Waals surface area contributed by atoms with Gasteiger partial charge in [0.05, 0.1) is 33.0 Å². The van der Waals surface area contributed by atoms with E-state index in [-0.39, 0.29) is 55.0 Å². The van der Waals surface area contributed by atoms with Crippen molar-refractivity contribution in [3.05, 3.63) is 0 Å². The summed E-state index contributed by atoms with van der Waals surface area (Å²) in [6.45, 7) is 11.2. The molecular formula is C51H82B2O15P. The molecule has 8 aliphatic rings. The van der Waals surface area contributed by atoms with Gasteiger partial charge in [-0.25, -0.2) is 0 Å². The minimum absolute atomic E-state index is 0. The molecular weight excluding hydrogens is 905 g/mol. The number of rotatable bonds is 8. The molecule has 2 saturated carbocycles. The molecule has 1 radical (unpaired) electrons. The topological polar surface area (TPSA) is 209 Å². The summed E-state index contributed by atoms with van der Waals surface area (Å²) < 4.78 is 44.5. The Morgan fingerprint density at radius 1 is 0.522 bits per heavy atom. The maximum absolute atomic E-state index is 11.3. The molecule has 8 unspecified atom stereocenters. The maximum atomic E-state index is 11.3. The van der Waals surface area contributed by atoms with E-state index in [0.717, 1.165) is 102 Å². The molecule has 8 rings (SSSR count). The normalized spacial score (nSPS) is 28.9. The Morgan fingerprint density at radius 3 is 1.35 bits per heavy atom. The van der Waals surface area contributed by atoms with E-state index in [1.807, 2.05) is 13.8 Å². The third-order valence-corrected chi connectivity index (χ3v) is 15.4. The number of carbonyl (C=O) groups is 8. The molecule has 2 aliphatic carbocycles. The fourth-order valence-electron chi connectivity index (χ4n) is 11.0. The van der Waals surface area contributed by atoms with Gasteiger partial charge in [-0.1, -0.05) is 33.5 Å². The van der Waals surface area contributed by atoms with Gasteiger partial charge in [0.1, 0.15) is 24.7 Å². The zero-order valence-corrected chi connectivity index (χ0v) is 43.0. The third kappa shape index (κ3) is 23.1. The van der Waals surface area contributed by atoms with Crippen molar-refractivity contribution in [2.75, 3.05) is 33.0 Å². The van der Waals surface area contributed by atoms with Gasteiger partial charge in [-0.2, -0.15) is 9.12 Å². The first-order valence-electron chi connectivity index (χ1n) is 26.5. The Hall–Kier alpha value is -3.48. The molecule has 0 aromatic heterocycles. The Morgan fingerprint density at radius 2 is 0.913 bits per heavy atom. The van der Waals surface area contributed by atoms with E-state index in [1.165, 1.54) is 19.3 Å². The van der Waals surface area contributed by atoms with Gasteiger partial charge in [0, 0.05) is 70.1 Å². The number of cyclic esters (lactones) is 6.